The molecule has 110 valence electrons. The third kappa shape index (κ3) is 2.53. The van der Waals surface area contributed by atoms with Crippen LogP contribution < -0.4 is 5.32 Å². The van der Waals surface area contributed by atoms with Gasteiger partial charge in [0.15, 0.2) is 5.78 Å². The molecule has 1 aromatic heterocycles. The minimum atomic E-state index is -0.353. The molecule has 0 spiro atoms. The van der Waals surface area contributed by atoms with E-state index in [1.165, 1.54) is 0 Å². The van der Waals surface area contributed by atoms with Gasteiger partial charge in [-0.15, -0.1) is 11.3 Å². The molecule has 0 saturated heterocycles. The van der Waals surface area contributed by atoms with Crippen LogP contribution >= 0.6 is 11.3 Å². The molecular weight excluding hydrogens is 286 g/mol. The molecule has 1 aliphatic carbocycles. The molecule has 0 amide bonds. The molecule has 5 heteroatoms. The fourth-order valence-electron chi connectivity index (χ4n) is 2.89. The van der Waals surface area contributed by atoms with E-state index < -0.39 is 0 Å². The number of Topliss-reactive ketones (excluding diaryl/α,β-unsaturated/α-hetero) is 1. The van der Waals surface area contributed by atoms with Crippen LogP contribution in [0, 0.1) is 0 Å². The first-order chi connectivity index (χ1) is 10.2. The Balaban J connectivity index is 2.05. The van der Waals surface area contributed by atoms with E-state index in [9.17, 15) is 9.59 Å². The number of thiophene rings is 1. The van der Waals surface area contributed by atoms with Crippen molar-refractivity contribution >= 4 is 23.1 Å². The average molecular weight is 303 g/mol. The van der Waals surface area contributed by atoms with Crippen molar-refractivity contribution in [1.29, 1.82) is 0 Å². The van der Waals surface area contributed by atoms with Gasteiger partial charge in [0.05, 0.1) is 18.1 Å². The quantitative estimate of drug-likeness (QED) is 0.872. The lowest BCUT2D eigenvalue weighted by atomic mass is 9.79. The summed E-state index contributed by atoms with van der Waals surface area (Å²) < 4.78 is 5.15. The second-order valence-electron chi connectivity index (χ2n) is 5.08. The van der Waals surface area contributed by atoms with Crippen LogP contribution in [-0.2, 0) is 14.3 Å². The molecular formula is C16H17NO3S. The summed E-state index contributed by atoms with van der Waals surface area (Å²) in [7, 11) is 0. The van der Waals surface area contributed by atoms with Gasteiger partial charge in [-0.2, -0.15) is 0 Å². The molecule has 1 N–H and O–H groups in total. The number of esters is 1. The predicted octanol–water partition coefficient (Wildman–Crippen LogP) is 2.89. The largest absolute Gasteiger partial charge is 0.463 e. The lowest BCUT2D eigenvalue weighted by Gasteiger charge is -2.30. The highest BCUT2D eigenvalue weighted by atomic mass is 32.1. The van der Waals surface area contributed by atoms with Gasteiger partial charge in [0.2, 0.25) is 0 Å². The number of dihydropyridines is 1. The van der Waals surface area contributed by atoms with E-state index in [0.717, 1.165) is 29.0 Å². The lowest BCUT2D eigenvalue weighted by Crippen LogP contribution is -2.31. The zero-order chi connectivity index (χ0) is 14.8. The monoisotopic (exact) mass is 303 g/mol. The van der Waals surface area contributed by atoms with E-state index in [1.54, 1.807) is 24.5 Å². The SMILES string of the molecule is CCOC(=O)C1=CNC2=C(C(=O)CCC2)[C@@H]1c1cccs1. The number of rotatable bonds is 3. The molecule has 0 unspecified atom stereocenters. The maximum Gasteiger partial charge on any atom is 0.336 e. The summed E-state index contributed by atoms with van der Waals surface area (Å²) in [6.07, 6.45) is 3.98. The minimum absolute atomic E-state index is 0.136. The molecule has 0 fully saturated rings. The Hall–Kier alpha value is -1.88. The first-order valence-electron chi connectivity index (χ1n) is 7.15. The number of hydrogen-bond donors (Lipinski definition) is 1. The molecule has 0 saturated carbocycles. The van der Waals surface area contributed by atoms with Crippen molar-refractivity contribution in [1.82, 2.24) is 5.32 Å². The predicted molar refractivity (Wildman–Crippen MR) is 80.8 cm³/mol. The molecule has 21 heavy (non-hydrogen) atoms. The van der Waals surface area contributed by atoms with Crippen LogP contribution in [0.25, 0.3) is 0 Å². The first kappa shape index (κ1) is 14.1. The average Bonchev–Trinajstić information content (AvgIpc) is 3.00. The molecule has 1 atom stereocenters. The van der Waals surface area contributed by atoms with Crippen LogP contribution in [-0.4, -0.2) is 18.4 Å². The van der Waals surface area contributed by atoms with Gasteiger partial charge in [0, 0.05) is 28.8 Å². The number of hydrogen-bond acceptors (Lipinski definition) is 5. The topological polar surface area (TPSA) is 55.4 Å². The number of ether oxygens (including phenoxy) is 1. The van der Waals surface area contributed by atoms with E-state index >= 15 is 0 Å². The van der Waals surface area contributed by atoms with E-state index in [2.05, 4.69) is 5.32 Å². The Bertz CT molecular complexity index is 628. The van der Waals surface area contributed by atoms with Gasteiger partial charge in [0.1, 0.15) is 0 Å². The lowest BCUT2D eigenvalue weighted by molar-refractivity contribution is -0.138. The molecule has 2 heterocycles. The van der Waals surface area contributed by atoms with Crippen molar-refractivity contribution < 1.29 is 14.3 Å². The van der Waals surface area contributed by atoms with Crippen LogP contribution in [0.5, 0.6) is 0 Å². The van der Waals surface area contributed by atoms with E-state index in [-0.39, 0.29) is 17.7 Å². The molecule has 0 radical (unpaired) electrons. The number of nitrogens with one attached hydrogen (secondary N) is 1. The van der Waals surface area contributed by atoms with Crippen LogP contribution in [0.3, 0.4) is 0 Å². The fourth-order valence-corrected chi connectivity index (χ4v) is 3.75. The van der Waals surface area contributed by atoms with Crippen molar-refractivity contribution in [3.63, 3.8) is 0 Å². The van der Waals surface area contributed by atoms with Crippen molar-refractivity contribution in [2.75, 3.05) is 6.61 Å². The molecule has 1 aliphatic heterocycles. The van der Waals surface area contributed by atoms with Crippen molar-refractivity contribution in [2.24, 2.45) is 0 Å². The second kappa shape index (κ2) is 5.85. The van der Waals surface area contributed by atoms with E-state index in [4.69, 9.17) is 4.74 Å². The summed E-state index contributed by atoms with van der Waals surface area (Å²) in [5.74, 6) is -0.501. The molecule has 3 rings (SSSR count). The minimum Gasteiger partial charge on any atom is -0.463 e. The number of ketones is 1. The summed E-state index contributed by atoms with van der Waals surface area (Å²) in [6.45, 7) is 2.11. The number of carbonyl (C=O) groups excluding carboxylic acids is 2. The van der Waals surface area contributed by atoms with Gasteiger partial charge in [-0.3, -0.25) is 4.79 Å². The molecule has 2 aliphatic rings. The molecule has 0 bridgehead atoms. The maximum absolute atomic E-state index is 12.4. The Kier molecular flexibility index (Phi) is 3.92. The molecule has 1 aromatic rings. The Morgan fingerprint density at radius 1 is 1.48 bits per heavy atom. The second-order valence-corrected chi connectivity index (χ2v) is 6.06. The molecule has 0 aromatic carbocycles. The van der Waals surface area contributed by atoms with Gasteiger partial charge < -0.3 is 10.1 Å². The number of allylic oxidation sites excluding steroid dienone is 2. The fraction of sp³-hybridized carbons (Fsp3) is 0.375. The highest BCUT2D eigenvalue weighted by Gasteiger charge is 2.37. The molecule has 4 nitrogen and oxygen atoms in total. The summed E-state index contributed by atoms with van der Waals surface area (Å²) in [4.78, 5) is 25.6. The number of carbonyl (C=O) groups is 2. The van der Waals surface area contributed by atoms with Crippen LogP contribution in [0.1, 0.15) is 37.0 Å². The van der Waals surface area contributed by atoms with Crippen LogP contribution in [0.2, 0.25) is 0 Å². The van der Waals surface area contributed by atoms with Gasteiger partial charge in [-0.25, -0.2) is 4.79 Å². The van der Waals surface area contributed by atoms with Gasteiger partial charge in [0.25, 0.3) is 0 Å². The third-order valence-electron chi connectivity index (χ3n) is 3.80. The first-order valence-corrected chi connectivity index (χ1v) is 8.03. The Morgan fingerprint density at radius 2 is 2.33 bits per heavy atom. The Labute approximate surface area is 127 Å². The highest BCUT2D eigenvalue weighted by Crippen LogP contribution is 2.42. The smallest absolute Gasteiger partial charge is 0.336 e. The van der Waals surface area contributed by atoms with E-state index in [1.807, 2.05) is 17.5 Å². The zero-order valence-electron chi connectivity index (χ0n) is 11.8. The van der Waals surface area contributed by atoms with Gasteiger partial charge >= 0.3 is 5.97 Å². The van der Waals surface area contributed by atoms with Crippen molar-refractivity contribution in [3.05, 3.63) is 45.4 Å². The zero-order valence-corrected chi connectivity index (χ0v) is 12.7. The Morgan fingerprint density at radius 3 is 3.05 bits per heavy atom. The van der Waals surface area contributed by atoms with E-state index in [0.29, 0.717) is 18.6 Å². The normalized spacial score (nSPS) is 21.5. The summed E-state index contributed by atoms with van der Waals surface area (Å²) in [5, 5.41) is 5.10. The maximum atomic E-state index is 12.4. The van der Waals surface area contributed by atoms with Crippen LogP contribution in [0.15, 0.2) is 40.6 Å². The summed E-state index contributed by atoms with van der Waals surface area (Å²) in [6, 6.07) is 3.92. The van der Waals surface area contributed by atoms with Crippen molar-refractivity contribution in [2.45, 2.75) is 32.1 Å². The summed E-state index contributed by atoms with van der Waals surface area (Å²) >= 11 is 1.56. The van der Waals surface area contributed by atoms with Gasteiger partial charge in [-0.05, 0) is 31.2 Å². The van der Waals surface area contributed by atoms with Crippen molar-refractivity contribution in [3.8, 4) is 0 Å². The third-order valence-corrected chi connectivity index (χ3v) is 4.73. The highest BCUT2D eigenvalue weighted by molar-refractivity contribution is 7.10. The summed E-state index contributed by atoms with van der Waals surface area (Å²) in [5.41, 5.74) is 2.22. The standard InChI is InChI=1S/C16H17NO3S/c1-2-20-16(19)10-9-17-11-5-3-6-12(18)15(11)14(10)13-7-4-8-21-13/h4,7-9,14,17H,2-3,5-6H2,1H3/t14-/m0/s1. The van der Waals surface area contributed by atoms with Gasteiger partial charge in [-0.1, -0.05) is 6.07 Å². The van der Waals surface area contributed by atoms with Crippen LogP contribution in [0.4, 0.5) is 0 Å².